The highest BCUT2D eigenvalue weighted by molar-refractivity contribution is 7.98. The first kappa shape index (κ1) is 35.6. The molecule has 53 heavy (non-hydrogen) atoms. The fourth-order valence-corrected chi connectivity index (χ4v) is 7.77. The summed E-state index contributed by atoms with van der Waals surface area (Å²) >= 11 is 3.04. The Labute approximate surface area is 314 Å². The molecule has 1 N–H and O–H groups in total. The molecule has 13 heteroatoms. The van der Waals surface area contributed by atoms with E-state index in [-0.39, 0.29) is 11.1 Å². The average molecular weight is 740 g/mol. The highest BCUT2D eigenvalue weighted by atomic mass is 32.2. The summed E-state index contributed by atoms with van der Waals surface area (Å²) in [7, 11) is 1.96. The third-order valence-corrected chi connectivity index (χ3v) is 10.8. The lowest BCUT2D eigenvalue weighted by atomic mass is 10.1. The van der Waals surface area contributed by atoms with E-state index >= 15 is 0 Å². The molecule has 0 aliphatic rings. The van der Waals surface area contributed by atoms with Crippen LogP contribution in [0.25, 0.3) is 33.2 Å². The van der Waals surface area contributed by atoms with Gasteiger partial charge in [-0.2, -0.15) is 5.10 Å². The second-order valence-electron chi connectivity index (χ2n) is 12.5. The number of nitrogens with one attached hydrogen (secondary N) is 1. The first-order chi connectivity index (χ1) is 25.7. The van der Waals surface area contributed by atoms with E-state index in [1.807, 2.05) is 130 Å². The van der Waals surface area contributed by atoms with Crippen LogP contribution in [0.5, 0.6) is 0 Å². The third-order valence-electron chi connectivity index (χ3n) is 8.90. The van der Waals surface area contributed by atoms with Crippen LogP contribution in [0.2, 0.25) is 0 Å². The molecule has 0 amide bonds. The number of fused-ring (bicyclic) bond motifs is 2. The van der Waals surface area contributed by atoms with E-state index < -0.39 is 0 Å². The number of hydrogen-bond donors (Lipinski definition) is 1. The van der Waals surface area contributed by atoms with Gasteiger partial charge in [-0.15, -0.1) is 0 Å². The van der Waals surface area contributed by atoms with E-state index in [9.17, 15) is 9.59 Å². The number of para-hydroxylation sites is 2. The van der Waals surface area contributed by atoms with Gasteiger partial charge in [0.15, 0.2) is 10.3 Å². The minimum absolute atomic E-state index is 0.0251. The number of aryl methyl sites for hydroxylation is 5. The molecule has 0 aliphatic heterocycles. The van der Waals surface area contributed by atoms with Crippen LogP contribution in [0.1, 0.15) is 33.9 Å². The normalized spacial score (nSPS) is 11.2. The van der Waals surface area contributed by atoms with E-state index in [1.165, 1.54) is 18.1 Å². The smallest absolute Gasteiger partial charge is 0.266 e. The summed E-state index contributed by atoms with van der Waals surface area (Å²) in [6.45, 7) is 7.91. The third kappa shape index (κ3) is 7.30. The largest absolute Gasteiger partial charge is 0.329 e. The van der Waals surface area contributed by atoms with Gasteiger partial charge in [-0.05, 0) is 74.2 Å². The summed E-state index contributed by atoms with van der Waals surface area (Å²) in [5.41, 5.74) is 7.03. The molecular formula is C40H37N9O2S2. The fraction of sp³-hybridized carbons (Fsp3) is 0.175. The van der Waals surface area contributed by atoms with Gasteiger partial charge >= 0.3 is 0 Å². The number of imidazole rings is 1. The van der Waals surface area contributed by atoms with Crippen LogP contribution < -0.4 is 11.1 Å². The molecule has 0 aliphatic carbocycles. The van der Waals surface area contributed by atoms with Gasteiger partial charge in [0.25, 0.3) is 11.1 Å². The van der Waals surface area contributed by atoms with Gasteiger partial charge in [0.2, 0.25) is 0 Å². The number of aromatic amines is 1. The van der Waals surface area contributed by atoms with Gasteiger partial charge in [-0.25, -0.2) is 19.9 Å². The zero-order valence-electron chi connectivity index (χ0n) is 29.9. The lowest BCUT2D eigenvalue weighted by molar-refractivity contribution is 0.787. The van der Waals surface area contributed by atoms with Gasteiger partial charge in [-0.1, -0.05) is 84.2 Å². The van der Waals surface area contributed by atoms with Crippen molar-refractivity contribution in [2.24, 2.45) is 7.05 Å². The molecule has 8 aromatic rings. The van der Waals surface area contributed by atoms with Crippen LogP contribution in [-0.4, -0.2) is 43.8 Å². The number of hydrogen-bond acceptors (Lipinski definition) is 9. The number of nitrogens with zero attached hydrogens (tertiary/aromatic N) is 8. The second-order valence-corrected chi connectivity index (χ2v) is 14.4. The molecule has 0 fully saturated rings. The number of aromatic nitrogens is 9. The summed E-state index contributed by atoms with van der Waals surface area (Å²) in [6.07, 6.45) is 5.15. The van der Waals surface area contributed by atoms with Crippen LogP contribution in [0.4, 0.5) is 0 Å². The molecule has 0 saturated carbocycles. The monoisotopic (exact) mass is 739 g/mol. The first-order valence-corrected chi connectivity index (χ1v) is 18.9. The molecule has 11 nitrogen and oxygen atoms in total. The van der Waals surface area contributed by atoms with Crippen molar-refractivity contribution in [2.75, 3.05) is 0 Å². The van der Waals surface area contributed by atoms with E-state index in [1.54, 1.807) is 27.1 Å². The molecule has 8 rings (SSSR count). The minimum atomic E-state index is -0.0458. The lowest BCUT2D eigenvalue weighted by Gasteiger charge is -2.16. The van der Waals surface area contributed by atoms with Crippen LogP contribution in [0, 0.1) is 27.7 Å². The molecule has 0 spiro atoms. The maximum absolute atomic E-state index is 13.4. The number of H-pyrrole nitrogens is 1. The van der Waals surface area contributed by atoms with Crippen molar-refractivity contribution >= 4 is 45.3 Å². The Bertz CT molecular complexity index is 2700. The molecule has 0 saturated heterocycles. The van der Waals surface area contributed by atoms with Gasteiger partial charge in [-0.3, -0.25) is 23.8 Å². The standard InChI is InChI=1S/C21H20N4OS.C19H17N5OS/c1-14-7-4-5-10-17(14)25-18(13-27-21-22-11-12-24(21)3)23-16-9-6-8-15(2)19(16)20(25)26;1-12-6-3-4-9-15(12)24-16(10-26-19-20-11-21-23-19)22-14-8-5-7-13(2)17(14)18(24)25/h4-12H,13H2,1-3H3;3-9,11H,10H2,1-2H3,(H,20,21,23). The summed E-state index contributed by atoms with van der Waals surface area (Å²) in [5, 5.41) is 9.61. The Kier molecular flexibility index (Phi) is 10.4. The predicted octanol–water partition coefficient (Wildman–Crippen LogP) is 7.44. The van der Waals surface area contributed by atoms with E-state index in [0.717, 1.165) is 50.1 Å². The van der Waals surface area contributed by atoms with Crippen molar-refractivity contribution in [1.29, 1.82) is 0 Å². The molecule has 0 radical (unpaired) electrons. The van der Waals surface area contributed by atoms with Crippen molar-refractivity contribution in [3.05, 3.63) is 158 Å². The zero-order valence-corrected chi connectivity index (χ0v) is 31.6. The minimum Gasteiger partial charge on any atom is -0.329 e. The molecular weight excluding hydrogens is 703 g/mol. The summed E-state index contributed by atoms with van der Waals surface area (Å²) in [6, 6.07) is 27.3. The number of rotatable bonds is 8. The Morgan fingerprint density at radius 1 is 0.623 bits per heavy atom. The Balaban J connectivity index is 0.000000164. The Morgan fingerprint density at radius 3 is 1.60 bits per heavy atom. The van der Waals surface area contributed by atoms with Crippen molar-refractivity contribution in [3.63, 3.8) is 0 Å². The highest BCUT2D eigenvalue weighted by Crippen LogP contribution is 2.25. The average Bonchev–Trinajstić information content (AvgIpc) is 3.83. The number of thioether (sulfide) groups is 2. The van der Waals surface area contributed by atoms with Crippen molar-refractivity contribution in [2.45, 2.75) is 49.5 Å². The molecule has 266 valence electrons. The second kappa shape index (κ2) is 15.4. The van der Waals surface area contributed by atoms with E-state index in [0.29, 0.717) is 38.8 Å². The van der Waals surface area contributed by atoms with Gasteiger partial charge < -0.3 is 4.57 Å². The summed E-state index contributed by atoms with van der Waals surface area (Å²) < 4.78 is 5.43. The van der Waals surface area contributed by atoms with Crippen LogP contribution in [0.15, 0.2) is 124 Å². The first-order valence-electron chi connectivity index (χ1n) is 16.9. The Morgan fingerprint density at radius 2 is 1.13 bits per heavy atom. The van der Waals surface area contributed by atoms with Crippen molar-refractivity contribution in [1.82, 2.24) is 43.8 Å². The topological polar surface area (TPSA) is 129 Å². The maximum Gasteiger partial charge on any atom is 0.266 e. The SMILES string of the molecule is Cc1ccccc1-n1c(CSc2nccn2C)nc2cccc(C)c2c1=O.Cc1ccccc1-n1c(CSc2ncn[nH]2)nc2cccc(C)c2c1=O. The summed E-state index contributed by atoms with van der Waals surface area (Å²) in [5.74, 6) is 2.46. The van der Waals surface area contributed by atoms with Gasteiger partial charge in [0, 0.05) is 19.4 Å². The quantitative estimate of drug-likeness (QED) is 0.158. The van der Waals surface area contributed by atoms with Crippen LogP contribution in [0.3, 0.4) is 0 Å². The van der Waals surface area contributed by atoms with Crippen LogP contribution in [-0.2, 0) is 18.6 Å². The van der Waals surface area contributed by atoms with Crippen molar-refractivity contribution in [3.8, 4) is 11.4 Å². The predicted molar refractivity (Wildman–Crippen MR) is 212 cm³/mol. The van der Waals surface area contributed by atoms with E-state index in [4.69, 9.17) is 9.97 Å². The summed E-state index contributed by atoms with van der Waals surface area (Å²) in [4.78, 5) is 44.9. The van der Waals surface area contributed by atoms with Gasteiger partial charge in [0.05, 0.1) is 44.7 Å². The fourth-order valence-electron chi connectivity index (χ4n) is 6.22. The lowest BCUT2D eigenvalue weighted by Crippen LogP contribution is -2.25. The Hall–Kier alpha value is -5.79. The van der Waals surface area contributed by atoms with Crippen molar-refractivity contribution < 1.29 is 0 Å². The zero-order chi connectivity index (χ0) is 37.1. The maximum atomic E-state index is 13.4. The molecule has 4 aromatic heterocycles. The van der Waals surface area contributed by atoms with E-state index in [2.05, 4.69) is 20.2 Å². The molecule has 4 heterocycles. The van der Waals surface area contributed by atoms with Crippen LogP contribution >= 0.6 is 23.5 Å². The molecule has 0 atom stereocenters. The molecule has 0 bridgehead atoms. The van der Waals surface area contributed by atoms with Gasteiger partial charge in [0.1, 0.15) is 18.0 Å². The molecule has 4 aromatic carbocycles. The highest BCUT2D eigenvalue weighted by Gasteiger charge is 2.18. The molecule has 0 unspecified atom stereocenters. The number of benzene rings is 4.